The summed E-state index contributed by atoms with van der Waals surface area (Å²) in [5.41, 5.74) is 2.58. The summed E-state index contributed by atoms with van der Waals surface area (Å²) in [6.07, 6.45) is 0. The number of aryl methyl sites for hydroxylation is 1. The lowest BCUT2D eigenvalue weighted by atomic mass is 10.1. The highest BCUT2D eigenvalue weighted by Gasteiger charge is 2.27. The van der Waals surface area contributed by atoms with E-state index in [0.29, 0.717) is 34.8 Å². The molecule has 4 aromatic rings. The number of rotatable bonds is 8. The molecule has 0 radical (unpaired) electrons. The number of ether oxygens (including phenoxy) is 2. The van der Waals surface area contributed by atoms with Crippen LogP contribution in [0.3, 0.4) is 0 Å². The van der Waals surface area contributed by atoms with Gasteiger partial charge in [-0.3, -0.25) is 9.36 Å². The molecule has 186 valence electrons. The second-order valence-electron chi connectivity index (χ2n) is 8.41. The molecule has 0 aliphatic heterocycles. The zero-order valence-corrected chi connectivity index (χ0v) is 20.9. The van der Waals surface area contributed by atoms with E-state index in [-0.39, 0.29) is 18.1 Å². The maximum atomic E-state index is 13.8. The van der Waals surface area contributed by atoms with Crippen LogP contribution in [-0.2, 0) is 4.74 Å². The normalized spacial score (nSPS) is 11.8. The number of nitrogens with zero attached hydrogens (tertiary/aromatic N) is 3. The molecule has 1 heterocycles. The number of hydrogen-bond donors (Lipinski definition) is 1. The highest BCUT2D eigenvalue weighted by Crippen LogP contribution is 2.27. The fourth-order valence-corrected chi connectivity index (χ4v) is 4.21. The molecule has 2 amide bonds. The van der Waals surface area contributed by atoms with Crippen LogP contribution < -0.4 is 15.6 Å². The lowest BCUT2D eigenvalue weighted by molar-refractivity contribution is 0.137. The molecule has 0 aliphatic carbocycles. The first-order chi connectivity index (χ1) is 17.5. The Morgan fingerprint density at radius 2 is 1.72 bits per heavy atom. The number of carbonyl (C=O) groups excluding carboxylic acids is 1. The van der Waals surface area contributed by atoms with Crippen LogP contribution in [0.1, 0.15) is 24.4 Å². The van der Waals surface area contributed by atoms with Crippen molar-refractivity contribution in [2.24, 2.45) is 0 Å². The van der Waals surface area contributed by atoms with Crippen molar-refractivity contribution >= 4 is 22.6 Å². The lowest BCUT2D eigenvalue weighted by Gasteiger charge is -2.31. The Bertz CT molecular complexity index is 1430. The van der Waals surface area contributed by atoms with Gasteiger partial charge in [0.1, 0.15) is 11.6 Å². The van der Waals surface area contributed by atoms with Gasteiger partial charge in [-0.2, -0.15) is 0 Å². The summed E-state index contributed by atoms with van der Waals surface area (Å²) in [6.45, 7) is 4.41. The maximum Gasteiger partial charge on any atom is 0.322 e. The number of carbonyl (C=O) groups is 1. The fourth-order valence-electron chi connectivity index (χ4n) is 4.21. The van der Waals surface area contributed by atoms with Crippen LogP contribution in [0.4, 0.5) is 10.5 Å². The smallest absolute Gasteiger partial charge is 0.322 e. The van der Waals surface area contributed by atoms with E-state index in [1.807, 2.05) is 68.4 Å². The van der Waals surface area contributed by atoms with Crippen LogP contribution in [0, 0.1) is 6.92 Å². The number of benzene rings is 3. The van der Waals surface area contributed by atoms with Gasteiger partial charge < -0.3 is 19.7 Å². The highest BCUT2D eigenvalue weighted by atomic mass is 16.5. The zero-order chi connectivity index (χ0) is 25.7. The van der Waals surface area contributed by atoms with E-state index in [4.69, 9.17) is 14.5 Å². The summed E-state index contributed by atoms with van der Waals surface area (Å²) >= 11 is 0. The predicted octanol–water partition coefficient (Wildman–Crippen LogP) is 4.94. The maximum absolute atomic E-state index is 13.8. The number of aromatic nitrogens is 2. The SMILES string of the molecule is COCCN(C(=O)Nc1ccccc1OC)C(C)c1nc2ccccc2c(=O)n1-c1ccccc1C. The minimum Gasteiger partial charge on any atom is -0.495 e. The molecule has 3 aromatic carbocycles. The molecule has 8 nitrogen and oxygen atoms in total. The van der Waals surface area contributed by atoms with Crippen molar-refractivity contribution in [1.29, 1.82) is 0 Å². The molecule has 4 rings (SSSR count). The van der Waals surface area contributed by atoms with Crippen molar-refractivity contribution in [3.8, 4) is 11.4 Å². The third-order valence-electron chi connectivity index (χ3n) is 6.14. The average molecular weight is 487 g/mol. The Balaban J connectivity index is 1.84. The zero-order valence-electron chi connectivity index (χ0n) is 20.9. The Hall–Kier alpha value is -4.17. The molecule has 1 N–H and O–H groups in total. The summed E-state index contributed by atoms with van der Waals surface area (Å²) in [4.78, 5) is 33.8. The summed E-state index contributed by atoms with van der Waals surface area (Å²) in [5.74, 6) is 1.00. The molecule has 0 saturated carbocycles. The third kappa shape index (κ3) is 4.94. The summed E-state index contributed by atoms with van der Waals surface area (Å²) in [5, 5.41) is 3.45. The van der Waals surface area contributed by atoms with Gasteiger partial charge in [0.2, 0.25) is 0 Å². The molecular weight excluding hydrogens is 456 g/mol. The van der Waals surface area contributed by atoms with Crippen molar-refractivity contribution in [2.75, 3.05) is 32.7 Å². The van der Waals surface area contributed by atoms with Gasteiger partial charge in [-0.05, 0) is 49.7 Å². The van der Waals surface area contributed by atoms with E-state index in [1.165, 1.54) is 0 Å². The molecule has 0 spiro atoms. The Morgan fingerprint density at radius 1 is 1.03 bits per heavy atom. The van der Waals surface area contributed by atoms with E-state index in [9.17, 15) is 9.59 Å². The van der Waals surface area contributed by atoms with Gasteiger partial charge in [-0.15, -0.1) is 0 Å². The van der Waals surface area contributed by atoms with Crippen LogP contribution in [0.2, 0.25) is 0 Å². The van der Waals surface area contributed by atoms with E-state index in [2.05, 4.69) is 5.32 Å². The molecule has 1 aromatic heterocycles. The molecule has 1 unspecified atom stereocenters. The number of hydrogen-bond acceptors (Lipinski definition) is 5. The minimum absolute atomic E-state index is 0.187. The van der Waals surface area contributed by atoms with Crippen molar-refractivity contribution < 1.29 is 14.3 Å². The highest BCUT2D eigenvalue weighted by molar-refractivity contribution is 5.91. The van der Waals surface area contributed by atoms with Gasteiger partial charge in [0.15, 0.2) is 0 Å². The molecule has 8 heteroatoms. The predicted molar refractivity (Wildman–Crippen MR) is 141 cm³/mol. The van der Waals surface area contributed by atoms with Crippen LogP contribution in [0.25, 0.3) is 16.6 Å². The van der Waals surface area contributed by atoms with Crippen LogP contribution in [0.5, 0.6) is 5.75 Å². The minimum atomic E-state index is -0.563. The number of anilines is 1. The van der Waals surface area contributed by atoms with Gasteiger partial charge in [0.25, 0.3) is 5.56 Å². The van der Waals surface area contributed by atoms with Crippen molar-refractivity contribution in [2.45, 2.75) is 19.9 Å². The Labute approximate surface area is 210 Å². The third-order valence-corrected chi connectivity index (χ3v) is 6.14. The molecule has 0 aliphatic rings. The molecular formula is C28H30N4O4. The summed E-state index contributed by atoms with van der Waals surface area (Å²) < 4.78 is 12.3. The van der Waals surface area contributed by atoms with Crippen LogP contribution in [0.15, 0.2) is 77.6 Å². The number of amides is 2. The molecule has 36 heavy (non-hydrogen) atoms. The molecule has 0 saturated heterocycles. The van der Waals surface area contributed by atoms with E-state index in [1.54, 1.807) is 41.9 Å². The van der Waals surface area contributed by atoms with E-state index in [0.717, 1.165) is 11.3 Å². The number of urea groups is 1. The largest absolute Gasteiger partial charge is 0.495 e. The van der Waals surface area contributed by atoms with E-state index < -0.39 is 6.04 Å². The molecule has 1 atom stereocenters. The van der Waals surface area contributed by atoms with Crippen molar-refractivity contribution in [3.63, 3.8) is 0 Å². The lowest BCUT2D eigenvalue weighted by Crippen LogP contribution is -2.41. The van der Waals surface area contributed by atoms with Crippen LogP contribution >= 0.6 is 0 Å². The number of fused-ring (bicyclic) bond motifs is 1. The second kappa shape index (κ2) is 11.0. The van der Waals surface area contributed by atoms with Crippen molar-refractivity contribution in [3.05, 3.63) is 94.5 Å². The number of methoxy groups -OCH3 is 2. The average Bonchev–Trinajstić information content (AvgIpc) is 2.89. The summed E-state index contributed by atoms with van der Waals surface area (Å²) in [6, 6.07) is 21.2. The monoisotopic (exact) mass is 486 g/mol. The van der Waals surface area contributed by atoms with Gasteiger partial charge in [-0.1, -0.05) is 42.5 Å². The summed E-state index contributed by atoms with van der Waals surface area (Å²) in [7, 11) is 3.13. The van der Waals surface area contributed by atoms with Gasteiger partial charge >= 0.3 is 6.03 Å². The quantitative estimate of drug-likeness (QED) is 0.381. The fraction of sp³-hybridized carbons (Fsp3) is 0.250. The Morgan fingerprint density at radius 3 is 2.47 bits per heavy atom. The number of nitrogens with one attached hydrogen (secondary N) is 1. The standard InChI is InChI=1S/C28H30N4O4/c1-19-11-5-9-15-24(19)32-26(29-22-13-7-6-12-21(22)27(32)33)20(2)31(17-18-35-3)28(34)30-23-14-8-10-16-25(23)36-4/h5-16,20H,17-18H2,1-4H3,(H,30,34). The number of para-hydroxylation sites is 4. The van der Waals surface area contributed by atoms with Crippen LogP contribution in [-0.4, -0.2) is 47.9 Å². The topological polar surface area (TPSA) is 85.7 Å². The van der Waals surface area contributed by atoms with Crippen molar-refractivity contribution in [1.82, 2.24) is 14.5 Å². The van der Waals surface area contributed by atoms with E-state index >= 15 is 0 Å². The first kappa shape index (κ1) is 24.9. The van der Waals surface area contributed by atoms with Gasteiger partial charge in [-0.25, -0.2) is 9.78 Å². The molecule has 0 bridgehead atoms. The van der Waals surface area contributed by atoms with Gasteiger partial charge in [0, 0.05) is 13.7 Å². The first-order valence-corrected chi connectivity index (χ1v) is 11.7. The first-order valence-electron chi connectivity index (χ1n) is 11.7. The Kier molecular flexibility index (Phi) is 7.65. The second-order valence-corrected chi connectivity index (χ2v) is 8.41. The molecule has 0 fully saturated rings. The van der Waals surface area contributed by atoms with Gasteiger partial charge in [0.05, 0.1) is 42.0 Å².